The molecule has 0 aliphatic heterocycles. The predicted octanol–water partition coefficient (Wildman–Crippen LogP) is 2.51. The summed E-state index contributed by atoms with van der Waals surface area (Å²) in [4.78, 5) is 26.7. The van der Waals surface area contributed by atoms with Gasteiger partial charge in [0.1, 0.15) is 6.10 Å². The van der Waals surface area contributed by atoms with Gasteiger partial charge in [0, 0.05) is 11.0 Å². The normalized spacial score (nSPS) is 13.8. The van der Waals surface area contributed by atoms with Crippen molar-refractivity contribution in [3.8, 4) is 0 Å². The molecular weight excluding hydrogens is 336 g/mol. The second-order valence-electron chi connectivity index (χ2n) is 6.03. The fourth-order valence-corrected chi connectivity index (χ4v) is 2.58. The lowest BCUT2D eigenvalue weighted by molar-refractivity contribution is -0.141. The lowest BCUT2D eigenvalue weighted by Gasteiger charge is -2.22. The highest BCUT2D eigenvalue weighted by molar-refractivity contribution is 5.82. The van der Waals surface area contributed by atoms with Crippen LogP contribution in [0.25, 0.3) is 10.4 Å². The number of azide groups is 1. The molecule has 0 saturated carbocycles. The van der Waals surface area contributed by atoms with E-state index in [9.17, 15) is 14.7 Å². The average molecular weight is 362 g/mol. The zero-order valence-electron chi connectivity index (χ0n) is 15.2. The molecule has 1 rings (SSSR count). The molecule has 0 spiro atoms. The van der Waals surface area contributed by atoms with E-state index in [4.69, 9.17) is 5.53 Å². The number of amides is 1. The van der Waals surface area contributed by atoms with Gasteiger partial charge in [-0.05, 0) is 23.9 Å². The van der Waals surface area contributed by atoms with E-state index in [0.29, 0.717) is 12.8 Å². The Morgan fingerprint density at radius 3 is 2.62 bits per heavy atom. The van der Waals surface area contributed by atoms with Crippen LogP contribution in [-0.4, -0.2) is 42.3 Å². The molecule has 1 aromatic carbocycles. The van der Waals surface area contributed by atoms with Crippen molar-refractivity contribution >= 4 is 11.9 Å². The summed E-state index contributed by atoms with van der Waals surface area (Å²) in [6, 6.07) is 8.00. The number of hydrogen-bond donors (Lipinski definition) is 2. The van der Waals surface area contributed by atoms with Crippen LogP contribution in [0.5, 0.6) is 0 Å². The number of ether oxygens (including phenoxy) is 1. The second-order valence-corrected chi connectivity index (χ2v) is 6.03. The number of aliphatic hydroxyl groups is 1. The van der Waals surface area contributed by atoms with Crippen LogP contribution in [0.3, 0.4) is 0 Å². The van der Waals surface area contributed by atoms with Crippen LogP contribution in [0, 0.1) is 0 Å². The minimum atomic E-state index is -1.46. The number of benzene rings is 1. The third-order valence-corrected chi connectivity index (χ3v) is 4.00. The number of unbranched alkanes of at least 4 members (excludes halogenated alkanes) is 1. The molecule has 26 heavy (non-hydrogen) atoms. The van der Waals surface area contributed by atoms with Crippen LogP contribution in [-0.2, 0) is 20.7 Å². The number of aliphatic hydroxyl groups excluding tert-OH is 1. The Morgan fingerprint density at radius 2 is 2.04 bits per heavy atom. The highest BCUT2D eigenvalue weighted by atomic mass is 16.5. The van der Waals surface area contributed by atoms with E-state index in [1.165, 1.54) is 7.11 Å². The van der Waals surface area contributed by atoms with Gasteiger partial charge in [-0.1, -0.05) is 55.2 Å². The van der Waals surface area contributed by atoms with Crippen molar-refractivity contribution in [3.63, 3.8) is 0 Å². The smallest absolute Gasteiger partial charge is 0.307 e. The van der Waals surface area contributed by atoms with Crippen LogP contribution in [0.2, 0.25) is 0 Å². The number of carbonyl (C=O) groups is 2. The van der Waals surface area contributed by atoms with E-state index in [1.54, 1.807) is 0 Å². The molecule has 0 saturated heterocycles. The maximum atomic E-state index is 12.4. The zero-order valence-corrected chi connectivity index (χ0v) is 15.2. The minimum absolute atomic E-state index is 0.0228. The molecule has 0 fully saturated rings. The molecule has 0 aliphatic rings. The van der Waals surface area contributed by atoms with Gasteiger partial charge in [0.2, 0.25) is 5.91 Å². The molecule has 142 valence electrons. The SMILES string of the molecule is CCCC[C@H](N=[N+]=[N-])[C@H](O)C(=O)N[C@H](CC(=O)OC)Cc1ccccc1. The first kappa shape index (κ1) is 21.5. The van der Waals surface area contributed by atoms with Gasteiger partial charge in [-0.15, -0.1) is 0 Å². The zero-order chi connectivity index (χ0) is 19.4. The fraction of sp³-hybridized carbons (Fsp3) is 0.556. The monoisotopic (exact) mass is 362 g/mol. The van der Waals surface area contributed by atoms with E-state index >= 15 is 0 Å². The molecule has 2 N–H and O–H groups in total. The average Bonchev–Trinajstić information content (AvgIpc) is 2.65. The van der Waals surface area contributed by atoms with Crippen molar-refractivity contribution in [1.82, 2.24) is 5.32 Å². The summed E-state index contributed by atoms with van der Waals surface area (Å²) >= 11 is 0. The van der Waals surface area contributed by atoms with Crippen LogP contribution in [0.1, 0.15) is 38.2 Å². The number of methoxy groups -OCH3 is 1. The van der Waals surface area contributed by atoms with Crippen LogP contribution in [0.4, 0.5) is 0 Å². The van der Waals surface area contributed by atoms with Crippen molar-refractivity contribution in [2.45, 2.75) is 57.2 Å². The van der Waals surface area contributed by atoms with Crippen LogP contribution in [0.15, 0.2) is 35.4 Å². The van der Waals surface area contributed by atoms with Crippen molar-refractivity contribution in [1.29, 1.82) is 0 Å². The van der Waals surface area contributed by atoms with Crippen molar-refractivity contribution < 1.29 is 19.4 Å². The Kier molecular flexibility index (Phi) is 9.82. The van der Waals surface area contributed by atoms with Gasteiger partial charge in [0.05, 0.1) is 19.6 Å². The number of esters is 1. The quantitative estimate of drug-likeness (QED) is 0.271. The van der Waals surface area contributed by atoms with Crippen molar-refractivity contribution in [2.75, 3.05) is 7.11 Å². The predicted molar refractivity (Wildman–Crippen MR) is 97.2 cm³/mol. The van der Waals surface area contributed by atoms with E-state index < -0.39 is 30.1 Å². The van der Waals surface area contributed by atoms with Gasteiger partial charge >= 0.3 is 5.97 Å². The Balaban J connectivity index is 2.81. The Labute approximate surface area is 153 Å². The van der Waals surface area contributed by atoms with Gasteiger partial charge < -0.3 is 15.2 Å². The molecule has 0 aliphatic carbocycles. The minimum Gasteiger partial charge on any atom is -0.469 e. The summed E-state index contributed by atoms with van der Waals surface area (Å²) < 4.78 is 4.68. The summed E-state index contributed by atoms with van der Waals surface area (Å²) in [7, 11) is 1.28. The largest absolute Gasteiger partial charge is 0.469 e. The van der Waals surface area contributed by atoms with Crippen molar-refractivity contribution in [2.24, 2.45) is 5.11 Å². The summed E-state index contributed by atoms with van der Waals surface area (Å²) in [6.07, 6.45) is 0.915. The van der Waals surface area contributed by atoms with Gasteiger partial charge in [-0.25, -0.2) is 0 Å². The van der Waals surface area contributed by atoms with Crippen LogP contribution < -0.4 is 5.32 Å². The van der Waals surface area contributed by atoms with E-state index in [2.05, 4.69) is 20.1 Å². The first-order chi connectivity index (χ1) is 12.5. The van der Waals surface area contributed by atoms with Crippen molar-refractivity contribution in [3.05, 3.63) is 46.3 Å². The molecule has 3 atom stereocenters. The Hall–Kier alpha value is -2.57. The third kappa shape index (κ3) is 7.55. The Morgan fingerprint density at radius 1 is 1.35 bits per heavy atom. The molecule has 1 aromatic rings. The third-order valence-electron chi connectivity index (χ3n) is 4.00. The molecule has 0 radical (unpaired) electrons. The molecule has 0 bridgehead atoms. The maximum Gasteiger partial charge on any atom is 0.307 e. The topological polar surface area (TPSA) is 124 Å². The van der Waals surface area contributed by atoms with E-state index in [-0.39, 0.29) is 6.42 Å². The molecule has 1 amide bonds. The van der Waals surface area contributed by atoms with Gasteiger partial charge in [0.15, 0.2) is 0 Å². The maximum absolute atomic E-state index is 12.4. The molecule has 0 heterocycles. The lowest BCUT2D eigenvalue weighted by Crippen LogP contribution is -2.47. The number of carbonyl (C=O) groups excluding carboxylic acids is 2. The van der Waals surface area contributed by atoms with Gasteiger partial charge in [-0.3, -0.25) is 9.59 Å². The molecule has 8 nitrogen and oxygen atoms in total. The molecular formula is C18H26N4O4. The number of hydrogen-bond acceptors (Lipinski definition) is 5. The number of nitrogens with zero attached hydrogens (tertiary/aromatic N) is 3. The summed E-state index contributed by atoms with van der Waals surface area (Å²) in [6.45, 7) is 1.96. The lowest BCUT2D eigenvalue weighted by atomic mass is 10.0. The first-order valence-corrected chi connectivity index (χ1v) is 8.65. The van der Waals surface area contributed by atoms with E-state index in [1.807, 2.05) is 37.3 Å². The first-order valence-electron chi connectivity index (χ1n) is 8.65. The summed E-state index contributed by atoms with van der Waals surface area (Å²) in [5, 5.41) is 16.5. The Bertz CT molecular complexity index is 617. The standard InChI is InChI=1S/C18H26N4O4/c1-3-4-10-15(21-22-19)17(24)18(25)20-14(12-16(23)26-2)11-13-8-6-5-7-9-13/h5-9,14-15,17,24H,3-4,10-12H2,1-2H3,(H,20,25)/t14-,15-,17-/m0/s1. The van der Waals surface area contributed by atoms with Gasteiger partial charge in [-0.2, -0.15) is 0 Å². The summed E-state index contributed by atoms with van der Waals surface area (Å²) in [5.41, 5.74) is 9.59. The highest BCUT2D eigenvalue weighted by Gasteiger charge is 2.27. The van der Waals surface area contributed by atoms with E-state index in [0.717, 1.165) is 18.4 Å². The number of nitrogens with one attached hydrogen (secondary N) is 1. The second kappa shape index (κ2) is 11.9. The number of rotatable bonds is 11. The highest BCUT2D eigenvalue weighted by Crippen LogP contribution is 2.12. The molecule has 0 aromatic heterocycles. The van der Waals surface area contributed by atoms with Gasteiger partial charge in [0.25, 0.3) is 0 Å². The summed E-state index contributed by atoms with van der Waals surface area (Å²) in [5.74, 6) is -1.12. The fourth-order valence-electron chi connectivity index (χ4n) is 2.58. The van der Waals surface area contributed by atoms with Crippen LogP contribution >= 0.6 is 0 Å². The molecule has 8 heteroatoms. The molecule has 0 unspecified atom stereocenters.